The van der Waals surface area contributed by atoms with Crippen LogP contribution in [-0.4, -0.2) is 44.4 Å². The number of amides is 1. The molecule has 1 aliphatic heterocycles. The zero-order valence-corrected chi connectivity index (χ0v) is 18.2. The summed E-state index contributed by atoms with van der Waals surface area (Å²) in [4.78, 5) is 14.9. The molecule has 1 aromatic rings. The van der Waals surface area contributed by atoms with E-state index in [0.29, 0.717) is 51.0 Å². The van der Waals surface area contributed by atoms with Gasteiger partial charge in [-0.1, -0.05) is 20.3 Å². The van der Waals surface area contributed by atoms with E-state index in [4.69, 9.17) is 0 Å². The third kappa shape index (κ3) is 4.51. The SMILES string of the molecule is CCN(CC)S(=O)(=O)c1ccc2c(c1)CCCN2C(=O)C1CCCC(C(F)(F)F)C1. The minimum atomic E-state index is -4.27. The van der Waals surface area contributed by atoms with Gasteiger partial charge in [-0.2, -0.15) is 17.5 Å². The number of hydrogen-bond acceptors (Lipinski definition) is 3. The summed E-state index contributed by atoms with van der Waals surface area (Å²) in [5.41, 5.74) is 1.38. The molecule has 0 spiro atoms. The van der Waals surface area contributed by atoms with Crippen molar-refractivity contribution in [3.05, 3.63) is 23.8 Å². The Hall–Kier alpha value is -1.61. The summed E-state index contributed by atoms with van der Waals surface area (Å²) in [5.74, 6) is -2.34. The Morgan fingerprint density at radius 2 is 1.87 bits per heavy atom. The van der Waals surface area contributed by atoms with Gasteiger partial charge in [-0.3, -0.25) is 4.79 Å². The molecule has 1 fully saturated rings. The van der Waals surface area contributed by atoms with Gasteiger partial charge in [-0.15, -0.1) is 0 Å². The lowest BCUT2D eigenvalue weighted by Gasteiger charge is -2.36. The van der Waals surface area contributed by atoms with Crippen LogP contribution in [0.5, 0.6) is 0 Å². The molecule has 0 N–H and O–H groups in total. The molecule has 1 heterocycles. The van der Waals surface area contributed by atoms with Crippen LogP contribution in [0.2, 0.25) is 0 Å². The van der Waals surface area contributed by atoms with Gasteiger partial charge in [0.05, 0.1) is 10.8 Å². The van der Waals surface area contributed by atoms with Gasteiger partial charge in [-0.25, -0.2) is 8.42 Å². The van der Waals surface area contributed by atoms with Gasteiger partial charge in [0, 0.05) is 31.2 Å². The first-order chi connectivity index (χ1) is 14.1. The molecular weight excluding hydrogens is 417 g/mol. The Labute approximate surface area is 176 Å². The van der Waals surface area contributed by atoms with Crippen LogP contribution < -0.4 is 4.90 Å². The molecule has 0 aromatic heterocycles. The largest absolute Gasteiger partial charge is 0.391 e. The predicted octanol–water partition coefficient (Wildman–Crippen LogP) is 4.37. The highest BCUT2D eigenvalue weighted by Gasteiger charge is 2.44. The number of sulfonamides is 1. The fraction of sp³-hybridized carbons (Fsp3) is 0.667. The van der Waals surface area contributed by atoms with Crippen LogP contribution >= 0.6 is 0 Å². The van der Waals surface area contributed by atoms with Crippen molar-refractivity contribution in [2.24, 2.45) is 11.8 Å². The van der Waals surface area contributed by atoms with Crippen molar-refractivity contribution in [2.75, 3.05) is 24.5 Å². The minimum absolute atomic E-state index is 0.0798. The number of carbonyl (C=O) groups excluding carboxylic acids is 1. The third-order valence-electron chi connectivity index (χ3n) is 6.27. The summed E-state index contributed by atoms with van der Waals surface area (Å²) in [6.45, 7) is 4.73. The van der Waals surface area contributed by atoms with Crippen molar-refractivity contribution < 1.29 is 26.4 Å². The number of aryl methyl sites for hydroxylation is 1. The van der Waals surface area contributed by atoms with Gasteiger partial charge < -0.3 is 4.90 Å². The van der Waals surface area contributed by atoms with Crippen molar-refractivity contribution in [3.8, 4) is 0 Å². The van der Waals surface area contributed by atoms with Crippen molar-refractivity contribution in [3.63, 3.8) is 0 Å². The maximum absolute atomic E-state index is 13.2. The van der Waals surface area contributed by atoms with E-state index in [2.05, 4.69) is 0 Å². The maximum Gasteiger partial charge on any atom is 0.391 e. The van der Waals surface area contributed by atoms with E-state index in [1.54, 1.807) is 30.9 Å². The van der Waals surface area contributed by atoms with Crippen LogP contribution in [0.25, 0.3) is 0 Å². The predicted molar refractivity (Wildman–Crippen MR) is 109 cm³/mol. The molecule has 0 bridgehead atoms. The molecule has 2 unspecified atom stereocenters. The number of nitrogens with zero attached hydrogens (tertiary/aromatic N) is 2. The summed E-state index contributed by atoms with van der Waals surface area (Å²) in [5, 5.41) is 0. The molecule has 3 rings (SSSR count). The van der Waals surface area contributed by atoms with Crippen LogP contribution in [-0.2, 0) is 21.2 Å². The number of alkyl halides is 3. The zero-order chi connectivity index (χ0) is 22.1. The second-order valence-electron chi connectivity index (χ2n) is 8.08. The van der Waals surface area contributed by atoms with Crippen LogP contribution in [0.1, 0.15) is 51.5 Å². The fourth-order valence-electron chi connectivity index (χ4n) is 4.61. The molecule has 1 aromatic carbocycles. The summed E-state index contributed by atoms with van der Waals surface area (Å²) >= 11 is 0. The van der Waals surface area contributed by atoms with Crippen LogP contribution in [0, 0.1) is 11.8 Å². The molecule has 2 aliphatic rings. The van der Waals surface area contributed by atoms with Gasteiger partial charge in [0.2, 0.25) is 15.9 Å². The van der Waals surface area contributed by atoms with Gasteiger partial charge in [0.25, 0.3) is 0 Å². The van der Waals surface area contributed by atoms with Crippen molar-refractivity contribution >= 4 is 21.6 Å². The lowest BCUT2D eigenvalue weighted by atomic mass is 9.80. The lowest BCUT2D eigenvalue weighted by Crippen LogP contribution is -2.42. The van der Waals surface area contributed by atoms with E-state index >= 15 is 0 Å². The first-order valence-electron chi connectivity index (χ1n) is 10.6. The number of benzene rings is 1. The van der Waals surface area contributed by atoms with E-state index in [1.165, 1.54) is 10.4 Å². The van der Waals surface area contributed by atoms with Gasteiger partial charge in [0.1, 0.15) is 0 Å². The topological polar surface area (TPSA) is 57.7 Å². The lowest BCUT2D eigenvalue weighted by molar-refractivity contribution is -0.186. The normalized spacial score (nSPS) is 22.8. The average Bonchev–Trinajstić information content (AvgIpc) is 2.72. The van der Waals surface area contributed by atoms with E-state index in [9.17, 15) is 26.4 Å². The Bertz CT molecular complexity index is 882. The quantitative estimate of drug-likeness (QED) is 0.675. The molecule has 2 atom stereocenters. The Balaban J connectivity index is 1.85. The van der Waals surface area contributed by atoms with Crippen molar-refractivity contribution in [1.29, 1.82) is 0 Å². The van der Waals surface area contributed by atoms with Gasteiger partial charge in [0.15, 0.2) is 0 Å². The number of rotatable bonds is 5. The summed E-state index contributed by atoms with van der Waals surface area (Å²) in [6.07, 6.45) is -2.21. The number of hydrogen-bond donors (Lipinski definition) is 0. The van der Waals surface area contributed by atoms with E-state index in [1.807, 2.05) is 0 Å². The van der Waals surface area contributed by atoms with E-state index < -0.39 is 28.0 Å². The van der Waals surface area contributed by atoms with E-state index in [-0.39, 0.29) is 23.6 Å². The Morgan fingerprint density at radius 3 is 2.50 bits per heavy atom. The summed E-state index contributed by atoms with van der Waals surface area (Å²) in [6, 6.07) is 4.74. The maximum atomic E-state index is 13.2. The number of anilines is 1. The van der Waals surface area contributed by atoms with Crippen molar-refractivity contribution in [2.45, 2.75) is 63.4 Å². The first kappa shape index (κ1) is 23.1. The van der Waals surface area contributed by atoms with Crippen LogP contribution in [0.4, 0.5) is 18.9 Å². The minimum Gasteiger partial charge on any atom is -0.312 e. The fourth-order valence-corrected chi connectivity index (χ4v) is 6.12. The van der Waals surface area contributed by atoms with Gasteiger partial charge >= 0.3 is 6.18 Å². The monoisotopic (exact) mass is 446 g/mol. The zero-order valence-electron chi connectivity index (χ0n) is 17.4. The first-order valence-corrected chi connectivity index (χ1v) is 12.0. The summed E-state index contributed by atoms with van der Waals surface area (Å²) < 4.78 is 66.5. The second-order valence-corrected chi connectivity index (χ2v) is 10.0. The van der Waals surface area contributed by atoms with Crippen LogP contribution in [0.3, 0.4) is 0 Å². The highest BCUT2D eigenvalue weighted by Crippen LogP contribution is 2.41. The number of carbonyl (C=O) groups is 1. The summed E-state index contributed by atoms with van der Waals surface area (Å²) in [7, 11) is -3.61. The van der Waals surface area contributed by atoms with Gasteiger partial charge in [-0.05, 0) is 55.9 Å². The standard InChI is InChI=1S/C21H29F3N2O3S/c1-3-25(4-2)30(28,29)18-10-11-19-15(14-18)8-6-12-26(19)20(27)16-7-5-9-17(13-16)21(22,23)24/h10-11,14,16-17H,3-9,12-13H2,1-2H3. The Kier molecular flexibility index (Phi) is 6.81. The Morgan fingerprint density at radius 1 is 1.17 bits per heavy atom. The highest BCUT2D eigenvalue weighted by molar-refractivity contribution is 7.89. The highest BCUT2D eigenvalue weighted by atomic mass is 32.2. The molecule has 5 nitrogen and oxygen atoms in total. The molecule has 1 aliphatic carbocycles. The molecule has 0 radical (unpaired) electrons. The molecule has 9 heteroatoms. The number of fused-ring (bicyclic) bond motifs is 1. The number of halogens is 3. The molecule has 0 saturated heterocycles. The van der Waals surface area contributed by atoms with E-state index in [0.717, 1.165) is 5.56 Å². The molecule has 30 heavy (non-hydrogen) atoms. The molecular formula is C21H29F3N2O3S. The van der Waals surface area contributed by atoms with Crippen LogP contribution in [0.15, 0.2) is 23.1 Å². The third-order valence-corrected chi connectivity index (χ3v) is 8.31. The molecule has 168 valence electrons. The average molecular weight is 447 g/mol. The molecule has 1 amide bonds. The smallest absolute Gasteiger partial charge is 0.312 e. The second kappa shape index (κ2) is 8.86. The molecule has 1 saturated carbocycles. The van der Waals surface area contributed by atoms with Crippen molar-refractivity contribution in [1.82, 2.24) is 4.31 Å².